The Morgan fingerprint density at radius 1 is 0.800 bits per heavy atom. The Balaban J connectivity index is 3.15. The van der Waals surface area contributed by atoms with Crippen LogP contribution in [-0.2, 0) is 4.43 Å². The lowest BCUT2D eigenvalue weighted by atomic mass is 10.1. The third-order valence-electron chi connectivity index (χ3n) is 3.88. The molecule has 1 nitrogen and oxygen atoms in total. The first-order chi connectivity index (χ1) is 9.62. The molecule has 2 heteroatoms. The van der Waals surface area contributed by atoms with Gasteiger partial charge < -0.3 is 4.43 Å². The van der Waals surface area contributed by atoms with Gasteiger partial charge in [0, 0.05) is 6.61 Å². The molecule has 0 saturated carbocycles. The van der Waals surface area contributed by atoms with Gasteiger partial charge in [-0.3, -0.25) is 0 Å². The average Bonchev–Trinajstić information content (AvgIpc) is 2.40. The van der Waals surface area contributed by atoms with Gasteiger partial charge in [-0.05, 0) is 25.6 Å². The SMILES string of the molecule is C=CC[Si](C)(C)OCCCCCCCCCCCCC. The van der Waals surface area contributed by atoms with Crippen LogP contribution in [0.3, 0.4) is 0 Å². The van der Waals surface area contributed by atoms with Crippen LogP contribution in [0, 0.1) is 0 Å². The van der Waals surface area contributed by atoms with Gasteiger partial charge in [-0.1, -0.05) is 77.2 Å². The van der Waals surface area contributed by atoms with Crippen LogP contribution >= 0.6 is 0 Å². The van der Waals surface area contributed by atoms with Crippen molar-refractivity contribution < 1.29 is 4.43 Å². The van der Waals surface area contributed by atoms with Crippen LogP contribution in [0.5, 0.6) is 0 Å². The first-order valence-electron chi connectivity index (χ1n) is 8.87. The van der Waals surface area contributed by atoms with Gasteiger partial charge >= 0.3 is 0 Å². The second-order valence-corrected chi connectivity index (χ2v) is 10.9. The Kier molecular flexibility index (Phi) is 13.8. The fourth-order valence-corrected chi connectivity index (χ4v) is 4.03. The second kappa shape index (κ2) is 13.9. The van der Waals surface area contributed by atoms with Crippen molar-refractivity contribution in [1.29, 1.82) is 0 Å². The summed E-state index contributed by atoms with van der Waals surface area (Å²) in [4.78, 5) is 0. The number of hydrogen-bond acceptors (Lipinski definition) is 1. The molecule has 0 unspecified atom stereocenters. The molecular weight excluding hydrogens is 260 g/mol. The third-order valence-corrected chi connectivity index (χ3v) is 6.13. The maximum Gasteiger partial charge on any atom is 0.190 e. The molecular formula is C18H38OSi. The van der Waals surface area contributed by atoms with Crippen LogP contribution in [0.25, 0.3) is 0 Å². The monoisotopic (exact) mass is 298 g/mol. The minimum atomic E-state index is -1.42. The molecule has 0 aliphatic heterocycles. The molecule has 0 spiro atoms. The summed E-state index contributed by atoms with van der Waals surface area (Å²) in [6.07, 6.45) is 17.4. The van der Waals surface area contributed by atoms with Gasteiger partial charge in [0.15, 0.2) is 8.32 Å². The van der Waals surface area contributed by atoms with Gasteiger partial charge in [-0.15, -0.1) is 6.58 Å². The van der Waals surface area contributed by atoms with Gasteiger partial charge in [0.25, 0.3) is 0 Å². The maximum absolute atomic E-state index is 6.02. The molecule has 0 amide bonds. The fourth-order valence-electron chi connectivity index (χ4n) is 2.52. The Labute approximate surface area is 129 Å². The molecule has 0 heterocycles. The van der Waals surface area contributed by atoms with Gasteiger partial charge in [-0.2, -0.15) is 0 Å². The summed E-state index contributed by atoms with van der Waals surface area (Å²) in [5.41, 5.74) is 0. The van der Waals surface area contributed by atoms with Gasteiger partial charge in [0.05, 0.1) is 0 Å². The molecule has 0 bridgehead atoms. The maximum atomic E-state index is 6.02. The van der Waals surface area contributed by atoms with Crippen LogP contribution < -0.4 is 0 Å². The molecule has 0 aromatic rings. The third kappa shape index (κ3) is 14.3. The molecule has 0 radical (unpaired) electrons. The summed E-state index contributed by atoms with van der Waals surface area (Å²) < 4.78 is 6.02. The molecule has 0 fully saturated rings. The molecule has 0 aliphatic carbocycles. The van der Waals surface area contributed by atoms with Gasteiger partial charge in [0.1, 0.15) is 0 Å². The van der Waals surface area contributed by atoms with E-state index < -0.39 is 8.32 Å². The van der Waals surface area contributed by atoms with E-state index in [9.17, 15) is 0 Å². The number of rotatable bonds is 15. The Hall–Kier alpha value is -0.0831. The quantitative estimate of drug-likeness (QED) is 0.185. The summed E-state index contributed by atoms with van der Waals surface area (Å²) >= 11 is 0. The largest absolute Gasteiger partial charge is 0.417 e. The predicted octanol–water partition coefficient (Wildman–Crippen LogP) is 6.71. The van der Waals surface area contributed by atoms with Crippen LogP contribution in [-0.4, -0.2) is 14.9 Å². The normalized spacial score (nSPS) is 11.8. The number of hydrogen-bond donors (Lipinski definition) is 0. The molecule has 0 aromatic carbocycles. The van der Waals surface area contributed by atoms with E-state index in [0.717, 1.165) is 12.7 Å². The van der Waals surface area contributed by atoms with Crippen LogP contribution in [0.15, 0.2) is 12.7 Å². The number of unbranched alkanes of at least 4 members (excludes halogenated alkanes) is 10. The molecule has 0 saturated heterocycles. The average molecular weight is 299 g/mol. The van der Waals surface area contributed by atoms with E-state index in [2.05, 4.69) is 26.6 Å². The zero-order valence-corrected chi connectivity index (χ0v) is 15.4. The van der Waals surface area contributed by atoms with Gasteiger partial charge in [0.2, 0.25) is 0 Å². The topological polar surface area (TPSA) is 9.23 Å². The minimum Gasteiger partial charge on any atom is -0.417 e. The van der Waals surface area contributed by atoms with Crippen molar-refractivity contribution >= 4 is 8.32 Å². The molecule has 0 aromatic heterocycles. The van der Waals surface area contributed by atoms with Crippen molar-refractivity contribution in [2.45, 2.75) is 96.7 Å². The zero-order valence-electron chi connectivity index (χ0n) is 14.4. The first-order valence-corrected chi connectivity index (χ1v) is 12.0. The Bertz CT molecular complexity index is 213. The lowest BCUT2D eigenvalue weighted by molar-refractivity contribution is 0.296. The van der Waals surface area contributed by atoms with Crippen LogP contribution in [0.1, 0.15) is 77.6 Å². The van der Waals surface area contributed by atoms with E-state index in [0.29, 0.717) is 0 Å². The highest BCUT2D eigenvalue weighted by Gasteiger charge is 2.19. The minimum absolute atomic E-state index is 0.962. The van der Waals surface area contributed by atoms with Crippen LogP contribution in [0.2, 0.25) is 19.1 Å². The Morgan fingerprint density at radius 3 is 1.70 bits per heavy atom. The standard InChI is InChI=1S/C18H38OSi/c1-5-7-8-9-10-11-12-13-14-15-16-17-19-20(3,4)18-6-2/h6H,2,5,7-18H2,1,3-4H3. The fraction of sp³-hybridized carbons (Fsp3) is 0.889. The van der Waals surface area contributed by atoms with E-state index in [1.54, 1.807) is 0 Å². The van der Waals surface area contributed by atoms with E-state index in [1.165, 1.54) is 70.6 Å². The highest BCUT2D eigenvalue weighted by Crippen LogP contribution is 2.14. The van der Waals surface area contributed by atoms with E-state index in [-0.39, 0.29) is 0 Å². The lowest BCUT2D eigenvalue weighted by Crippen LogP contribution is -2.29. The summed E-state index contributed by atoms with van der Waals surface area (Å²) in [5.74, 6) is 0. The van der Waals surface area contributed by atoms with Crippen molar-refractivity contribution in [2.75, 3.05) is 6.61 Å². The highest BCUT2D eigenvalue weighted by atomic mass is 28.4. The first kappa shape index (κ1) is 19.9. The van der Waals surface area contributed by atoms with Crippen LogP contribution in [0.4, 0.5) is 0 Å². The summed E-state index contributed by atoms with van der Waals surface area (Å²) in [6, 6.07) is 1.07. The molecule has 0 aliphatic rings. The number of allylic oxidation sites excluding steroid dienone is 1. The lowest BCUT2D eigenvalue weighted by Gasteiger charge is -2.20. The van der Waals surface area contributed by atoms with Crippen molar-refractivity contribution in [3.8, 4) is 0 Å². The van der Waals surface area contributed by atoms with Gasteiger partial charge in [-0.25, -0.2) is 0 Å². The van der Waals surface area contributed by atoms with Crippen molar-refractivity contribution in [1.82, 2.24) is 0 Å². The molecule has 0 rings (SSSR count). The smallest absolute Gasteiger partial charge is 0.190 e. The van der Waals surface area contributed by atoms with E-state index in [4.69, 9.17) is 4.43 Å². The summed E-state index contributed by atoms with van der Waals surface area (Å²) in [5, 5.41) is 0. The zero-order chi connectivity index (χ0) is 15.1. The molecule has 0 atom stereocenters. The molecule has 20 heavy (non-hydrogen) atoms. The Morgan fingerprint density at radius 2 is 1.25 bits per heavy atom. The molecule has 0 N–H and O–H groups in total. The van der Waals surface area contributed by atoms with Crippen molar-refractivity contribution in [3.05, 3.63) is 12.7 Å². The van der Waals surface area contributed by atoms with E-state index in [1.807, 2.05) is 6.08 Å². The second-order valence-electron chi connectivity index (χ2n) is 6.64. The molecule has 120 valence electrons. The summed E-state index contributed by atoms with van der Waals surface area (Å²) in [6.45, 7) is 11.6. The van der Waals surface area contributed by atoms with Crippen molar-refractivity contribution in [2.24, 2.45) is 0 Å². The predicted molar refractivity (Wildman–Crippen MR) is 94.9 cm³/mol. The van der Waals surface area contributed by atoms with E-state index >= 15 is 0 Å². The summed E-state index contributed by atoms with van der Waals surface area (Å²) in [7, 11) is -1.42. The van der Waals surface area contributed by atoms with Crippen molar-refractivity contribution in [3.63, 3.8) is 0 Å². The highest BCUT2D eigenvalue weighted by molar-refractivity contribution is 6.71.